The summed E-state index contributed by atoms with van der Waals surface area (Å²) in [4.78, 5) is 36.1. The number of hydrogen-bond acceptors (Lipinski definition) is 7. The van der Waals surface area contributed by atoms with E-state index in [4.69, 9.17) is 16.3 Å². The summed E-state index contributed by atoms with van der Waals surface area (Å²) in [6.07, 6.45) is 1.60. The topological polar surface area (TPSA) is 72.4 Å². The zero-order chi connectivity index (χ0) is 23.7. The van der Waals surface area contributed by atoms with Gasteiger partial charge in [-0.25, -0.2) is 9.97 Å². The van der Waals surface area contributed by atoms with Crippen LogP contribution in [0.15, 0.2) is 83.7 Å². The summed E-state index contributed by atoms with van der Waals surface area (Å²) in [5, 5.41) is 4.15. The van der Waals surface area contributed by atoms with E-state index >= 15 is 0 Å². The van der Waals surface area contributed by atoms with Crippen molar-refractivity contribution in [3.63, 3.8) is 0 Å². The van der Waals surface area contributed by atoms with Gasteiger partial charge in [-0.2, -0.15) is 11.3 Å². The number of halogens is 1. The first kappa shape index (κ1) is 22.6. The first-order chi connectivity index (χ1) is 16.5. The predicted octanol–water partition coefficient (Wildman–Crippen LogP) is 5.66. The van der Waals surface area contributed by atoms with Gasteiger partial charge in [0.2, 0.25) is 17.7 Å². The minimum absolute atomic E-state index is 0.0189. The standard InChI is InChI=1S/C25H18ClN3O3S2/c26-18-7-2-1-6-17(18)23-19(30)14-25(29(33)24(23)31,16-11-13-34-15-16)20-8-5-10-22(28-20)32-21-9-3-4-12-27-21/h1-13,15,23,33H,14H2. The molecule has 1 aliphatic heterocycles. The third-order valence-electron chi connectivity index (χ3n) is 5.78. The van der Waals surface area contributed by atoms with Crippen molar-refractivity contribution in [2.24, 2.45) is 0 Å². The van der Waals surface area contributed by atoms with Crippen LogP contribution in [-0.4, -0.2) is 26.0 Å². The Morgan fingerprint density at radius 3 is 2.56 bits per heavy atom. The maximum Gasteiger partial charge on any atom is 0.248 e. The second-order valence-electron chi connectivity index (χ2n) is 7.75. The molecule has 4 heterocycles. The number of ether oxygens (including phenoxy) is 1. The molecule has 1 aliphatic rings. The van der Waals surface area contributed by atoms with Crippen LogP contribution >= 0.6 is 35.8 Å². The smallest absolute Gasteiger partial charge is 0.248 e. The zero-order valence-electron chi connectivity index (χ0n) is 17.7. The lowest BCUT2D eigenvalue weighted by Crippen LogP contribution is -2.54. The summed E-state index contributed by atoms with van der Waals surface area (Å²) in [6, 6.07) is 19.3. The van der Waals surface area contributed by atoms with Crippen molar-refractivity contribution in [1.82, 2.24) is 14.3 Å². The number of carbonyl (C=O) groups excluding carboxylic acids is 2. The first-order valence-electron chi connectivity index (χ1n) is 10.4. The van der Waals surface area contributed by atoms with E-state index in [1.165, 1.54) is 15.6 Å². The SMILES string of the molecule is O=C1CC(c2ccsc2)(c2cccc(Oc3ccccn3)n2)N(S)C(=O)C1c1ccccc1Cl. The monoisotopic (exact) mass is 507 g/mol. The van der Waals surface area contributed by atoms with E-state index in [1.807, 2.05) is 22.9 Å². The van der Waals surface area contributed by atoms with Gasteiger partial charge in [-0.15, -0.1) is 0 Å². The summed E-state index contributed by atoms with van der Waals surface area (Å²) in [5.41, 5.74) is 0.471. The molecule has 170 valence electrons. The predicted molar refractivity (Wildman–Crippen MR) is 133 cm³/mol. The molecular weight excluding hydrogens is 490 g/mol. The molecule has 1 saturated heterocycles. The number of carbonyl (C=O) groups is 2. The molecule has 0 aliphatic carbocycles. The van der Waals surface area contributed by atoms with Gasteiger partial charge in [-0.1, -0.05) is 54.7 Å². The van der Waals surface area contributed by atoms with E-state index in [0.717, 1.165) is 5.56 Å². The Balaban J connectivity index is 1.60. The molecule has 0 bridgehead atoms. The fourth-order valence-electron chi connectivity index (χ4n) is 4.18. The van der Waals surface area contributed by atoms with Crippen molar-refractivity contribution in [2.75, 3.05) is 0 Å². The maximum absolute atomic E-state index is 13.7. The molecule has 0 saturated carbocycles. The van der Waals surface area contributed by atoms with Gasteiger partial charge in [0, 0.05) is 29.8 Å². The van der Waals surface area contributed by atoms with Gasteiger partial charge in [-0.05, 0) is 46.2 Å². The highest BCUT2D eigenvalue weighted by Gasteiger charge is 2.53. The number of aromatic nitrogens is 2. The molecule has 0 spiro atoms. The number of piperidine rings is 1. The highest BCUT2D eigenvalue weighted by Crippen LogP contribution is 2.48. The summed E-state index contributed by atoms with van der Waals surface area (Å²) in [6.45, 7) is 0. The van der Waals surface area contributed by atoms with Gasteiger partial charge in [0.1, 0.15) is 11.5 Å². The van der Waals surface area contributed by atoms with Gasteiger partial charge in [-0.3, -0.25) is 13.9 Å². The van der Waals surface area contributed by atoms with Gasteiger partial charge in [0.25, 0.3) is 0 Å². The molecule has 0 radical (unpaired) electrons. The van der Waals surface area contributed by atoms with Crippen LogP contribution in [0.1, 0.15) is 29.2 Å². The Morgan fingerprint density at radius 2 is 1.82 bits per heavy atom. The minimum atomic E-state index is -1.21. The van der Waals surface area contributed by atoms with Crippen molar-refractivity contribution in [3.8, 4) is 11.8 Å². The largest absolute Gasteiger partial charge is 0.421 e. The lowest BCUT2D eigenvalue weighted by Gasteiger charge is -2.45. The van der Waals surface area contributed by atoms with Gasteiger partial charge >= 0.3 is 0 Å². The second kappa shape index (κ2) is 9.21. The number of ketones is 1. The lowest BCUT2D eigenvalue weighted by atomic mass is 9.75. The van der Waals surface area contributed by atoms with E-state index < -0.39 is 17.4 Å². The third-order valence-corrected chi connectivity index (χ3v) is 7.34. The summed E-state index contributed by atoms with van der Waals surface area (Å²) < 4.78 is 7.13. The molecule has 0 N–H and O–H groups in total. The Morgan fingerprint density at radius 1 is 1.03 bits per heavy atom. The third kappa shape index (κ3) is 3.87. The van der Waals surface area contributed by atoms with Gasteiger partial charge in [0.05, 0.1) is 5.69 Å². The fraction of sp³-hybridized carbons (Fsp3) is 0.120. The van der Waals surface area contributed by atoms with Crippen molar-refractivity contribution in [2.45, 2.75) is 17.9 Å². The van der Waals surface area contributed by atoms with E-state index in [1.54, 1.807) is 60.8 Å². The van der Waals surface area contributed by atoms with Gasteiger partial charge in [0.15, 0.2) is 5.78 Å². The maximum atomic E-state index is 13.7. The van der Waals surface area contributed by atoms with Crippen LogP contribution in [0, 0.1) is 0 Å². The second-order valence-corrected chi connectivity index (χ2v) is 9.34. The number of pyridine rings is 2. The Kier molecular flexibility index (Phi) is 6.12. The van der Waals surface area contributed by atoms with Crippen LogP contribution in [-0.2, 0) is 15.1 Å². The number of thiophene rings is 1. The molecule has 9 heteroatoms. The van der Waals surface area contributed by atoms with E-state index in [9.17, 15) is 9.59 Å². The van der Waals surface area contributed by atoms with Crippen molar-refractivity contribution >= 4 is 47.4 Å². The van der Waals surface area contributed by atoms with Crippen LogP contribution in [0.4, 0.5) is 0 Å². The highest BCUT2D eigenvalue weighted by atomic mass is 35.5. The zero-order valence-corrected chi connectivity index (χ0v) is 20.1. The number of benzene rings is 1. The minimum Gasteiger partial charge on any atom is -0.421 e. The molecule has 1 fully saturated rings. The molecule has 34 heavy (non-hydrogen) atoms. The average molecular weight is 508 g/mol. The molecule has 3 aromatic heterocycles. The number of amides is 1. The molecule has 6 nitrogen and oxygen atoms in total. The van der Waals surface area contributed by atoms with Crippen molar-refractivity contribution in [1.29, 1.82) is 0 Å². The summed E-state index contributed by atoms with van der Waals surface area (Å²) in [7, 11) is 0. The van der Waals surface area contributed by atoms with Crippen molar-refractivity contribution in [3.05, 3.63) is 106 Å². The van der Waals surface area contributed by atoms with Crippen LogP contribution in [0.5, 0.6) is 11.8 Å². The molecule has 2 atom stereocenters. The Bertz CT molecular complexity index is 1350. The van der Waals surface area contributed by atoms with Crippen LogP contribution in [0.3, 0.4) is 0 Å². The fourth-order valence-corrected chi connectivity index (χ4v) is 5.55. The average Bonchev–Trinajstić information content (AvgIpc) is 3.39. The van der Waals surface area contributed by atoms with E-state index in [2.05, 4.69) is 22.8 Å². The highest BCUT2D eigenvalue weighted by molar-refractivity contribution is 7.78. The number of Topliss-reactive ketones (excluding diaryl/α,β-unsaturated/α-hetero) is 1. The number of rotatable bonds is 5. The molecule has 1 amide bonds. The molecule has 4 aromatic rings. The summed E-state index contributed by atoms with van der Waals surface area (Å²) in [5.74, 6) is -1.08. The van der Waals surface area contributed by atoms with Crippen molar-refractivity contribution < 1.29 is 14.3 Å². The van der Waals surface area contributed by atoms with E-state index in [0.29, 0.717) is 28.0 Å². The van der Waals surface area contributed by atoms with Crippen LogP contribution in [0.25, 0.3) is 0 Å². The molecule has 1 aromatic carbocycles. The van der Waals surface area contributed by atoms with E-state index in [-0.39, 0.29) is 12.2 Å². The molecule has 5 rings (SSSR count). The summed E-state index contributed by atoms with van der Waals surface area (Å²) >= 11 is 12.5. The first-order valence-corrected chi connectivity index (χ1v) is 12.1. The number of thiol groups is 1. The number of nitrogens with zero attached hydrogens (tertiary/aromatic N) is 3. The Labute approximate surface area is 210 Å². The van der Waals surface area contributed by atoms with Crippen LogP contribution in [0.2, 0.25) is 5.02 Å². The number of hydrogen-bond donors (Lipinski definition) is 1. The lowest BCUT2D eigenvalue weighted by molar-refractivity contribution is -0.142. The molecule has 2 unspecified atom stereocenters. The quantitative estimate of drug-likeness (QED) is 0.279. The van der Waals surface area contributed by atoms with Gasteiger partial charge < -0.3 is 4.74 Å². The Hall–Kier alpha value is -3.20. The van der Waals surface area contributed by atoms with Crippen LogP contribution < -0.4 is 4.74 Å². The normalized spacial score (nSPS) is 20.4. The molecular formula is C25H18ClN3O3S2.